The minimum atomic E-state index is -0.955. The van der Waals surface area contributed by atoms with Crippen molar-refractivity contribution in [3.05, 3.63) is 0 Å². The number of aliphatic hydroxyl groups is 1. The van der Waals surface area contributed by atoms with E-state index in [2.05, 4.69) is 5.32 Å². The second kappa shape index (κ2) is 7.15. The Hall–Kier alpha value is -1.18. The molecule has 0 heterocycles. The highest BCUT2D eigenvalue weighted by atomic mass is 16.5. The van der Waals surface area contributed by atoms with Gasteiger partial charge in [-0.05, 0) is 6.92 Å². The number of primary amides is 1. The van der Waals surface area contributed by atoms with E-state index in [0.29, 0.717) is 13.0 Å². The van der Waals surface area contributed by atoms with Gasteiger partial charge in [-0.3, -0.25) is 10.1 Å². The van der Waals surface area contributed by atoms with Crippen LogP contribution in [0.3, 0.4) is 0 Å². The standard InChI is InChI=1S/C9H19N3O4/c1-9(15,3-4-16-2)6-11-5-7(13)12-8(10)14/h11,15H,3-6H2,1-2H3,(H3,10,12,13,14). The van der Waals surface area contributed by atoms with Crippen molar-refractivity contribution in [3.63, 3.8) is 0 Å². The summed E-state index contributed by atoms with van der Waals surface area (Å²) in [6.07, 6.45) is 0.452. The molecule has 94 valence electrons. The number of ether oxygens (including phenoxy) is 1. The molecule has 0 aliphatic rings. The topological polar surface area (TPSA) is 114 Å². The third-order valence-corrected chi connectivity index (χ3v) is 1.90. The molecular weight excluding hydrogens is 214 g/mol. The highest BCUT2D eigenvalue weighted by molar-refractivity contribution is 5.94. The van der Waals surface area contributed by atoms with Gasteiger partial charge in [0, 0.05) is 26.7 Å². The van der Waals surface area contributed by atoms with Crippen LogP contribution in [-0.4, -0.2) is 49.5 Å². The minimum Gasteiger partial charge on any atom is -0.389 e. The predicted molar refractivity (Wildman–Crippen MR) is 57.7 cm³/mol. The van der Waals surface area contributed by atoms with Gasteiger partial charge in [0.25, 0.3) is 0 Å². The van der Waals surface area contributed by atoms with Crippen LogP contribution in [0, 0.1) is 0 Å². The van der Waals surface area contributed by atoms with Crippen LogP contribution in [0.4, 0.5) is 4.79 Å². The number of methoxy groups -OCH3 is 1. The third kappa shape index (κ3) is 8.16. The van der Waals surface area contributed by atoms with E-state index in [1.165, 1.54) is 0 Å². The highest BCUT2D eigenvalue weighted by Crippen LogP contribution is 2.06. The maximum Gasteiger partial charge on any atom is 0.318 e. The number of nitrogens with one attached hydrogen (secondary N) is 2. The molecule has 7 nitrogen and oxygen atoms in total. The molecule has 3 amide bonds. The summed E-state index contributed by atoms with van der Waals surface area (Å²) >= 11 is 0. The van der Waals surface area contributed by atoms with Crippen LogP contribution < -0.4 is 16.4 Å². The summed E-state index contributed by atoms with van der Waals surface area (Å²) in [5, 5.41) is 14.4. The molecule has 0 bridgehead atoms. The van der Waals surface area contributed by atoms with E-state index in [1.807, 2.05) is 5.32 Å². The fourth-order valence-electron chi connectivity index (χ4n) is 1.04. The zero-order valence-electron chi connectivity index (χ0n) is 9.58. The zero-order chi connectivity index (χ0) is 12.6. The van der Waals surface area contributed by atoms with Gasteiger partial charge < -0.3 is 20.9 Å². The Kier molecular flexibility index (Phi) is 6.63. The quantitative estimate of drug-likeness (QED) is 0.430. The Morgan fingerprint density at radius 3 is 2.62 bits per heavy atom. The van der Waals surface area contributed by atoms with Gasteiger partial charge in [-0.1, -0.05) is 0 Å². The number of carbonyl (C=O) groups excluding carboxylic acids is 2. The lowest BCUT2D eigenvalue weighted by molar-refractivity contribution is -0.119. The number of amides is 3. The Labute approximate surface area is 94.3 Å². The number of nitrogens with two attached hydrogens (primary N) is 1. The summed E-state index contributed by atoms with van der Waals surface area (Å²) in [5.74, 6) is -0.532. The van der Waals surface area contributed by atoms with Crippen molar-refractivity contribution in [2.24, 2.45) is 5.73 Å². The van der Waals surface area contributed by atoms with E-state index in [9.17, 15) is 14.7 Å². The summed E-state index contributed by atoms with van der Waals surface area (Å²) in [7, 11) is 1.55. The van der Waals surface area contributed by atoms with Gasteiger partial charge in [0.15, 0.2) is 0 Å². The Bertz CT molecular complexity index is 243. The van der Waals surface area contributed by atoms with Gasteiger partial charge in [-0.25, -0.2) is 4.79 Å². The molecule has 0 radical (unpaired) electrons. The molecule has 0 aliphatic carbocycles. The zero-order valence-corrected chi connectivity index (χ0v) is 9.58. The summed E-state index contributed by atoms with van der Waals surface area (Å²) in [6.45, 7) is 2.21. The SMILES string of the molecule is COCCC(C)(O)CNCC(=O)NC(N)=O. The molecule has 0 spiro atoms. The molecule has 7 heteroatoms. The Morgan fingerprint density at radius 1 is 1.50 bits per heavy atom. The molecule has 1 atom stereocenters. The van der Waals surface area contributed by atoms with Crippen molar-refractivity contribution in [2.75, 3.05) is 26.8 Å². The predicted octanol–water partition coefficient (Wildman–Crippen LogP) is -1.44. The van der Waals surface area contributed by atoms with Crippen LogP contribution >= 0.6 is 0 Å². The van der Waals surface area contributed by atoms with Crippen LogP contribution in [0.2, 0.25) is 0 Å². The lowest BCUT2D eigenvalue weighted by atomic mass is 10.0. The van der Waals surface area contributed by atoms with E-state index >= 15 is 0 Å². The van der Waals surface area contributed by atoms with Crippen LogP contribution in [0.1, 0.15) is 13.3 Å². The van der Waals surface area contributed by atoms with Crippen molar-refractivity contribution in [2.45, 2.75) is 18.9 Å². The fourth-order valence-corrected chi connectivity index (χ4v) is 1.04. The van der Waals surface area contributed by atoms with E-state index in [0.717, 1.165) is 0 Å². The first kappa shape index (κ1) is 14.8. The van der Waals surface area contributed by atoms with Crippen molar-refractivity contribution in [3.8, 4) is 0 Å². The number of hydrogen-bond acceptors (Lipinski definition) is 5. The van der Waals surface area contributed by atoms with Crippen molar-refractivity contribution >= 4 is 11.9 Å². The smallest absolute Gasteiger partial charge is 0.318 e. The number of carbonyl (C=O) groups is 2. The molecule has 5 N–H and O–H groups in total. The first-order valence-electron chi connectivity index (χ1n) is 4.89. The molecule has 0 saturated heterocycles. The molecule has 0 aromatic heterocycles. The lowest BCUT2D eigenvalue weighted by Gasteiger charge is -2.23. The van der Waals surface area contributed by atoms with E-state index in [1.54, 1.807) is 14.0 Å². The molecule has 1 unspecified atom stereocenters. The van der Waals surface area contributed by atoms with Gasteiger partial charge >= 0.3 is 6.03 Å². The summed E-state index contributed by atoms with van der Waals surface area (Å²) in [5.41, 5.74) is 3.80. The molecular formula is C9H19N3O4. The molecule has 0 rings (SSSR count). The fraction of sp³-hybridized carbons (Fsp3) is 0.778. The molecule has 0 saturated carbocycles. The molecule has 0 aliphatic heterocycles. The highest BCUT2D eigenvalue weighted by Gasteiger charge is 2.19. The van der Waals surface area contributed by atoms with Gasteiger partial charge in [-0.2, -0.15) is 0 Å². The van der Waals surface area contributed by atoms with Crippen LogP contribution in [-0.2, 0) is 9.53 Å². The summed E-state index contributed by atoms with van der Waals surface area (Å²) in [4.78, 5) is 21.3. The van der Waals surface area contributed by atoms with Gasteiger partial charge in [0.1, 0.15) is 0 Å². The van der Waals surface area contributed by atoms with Crippen molar-refractivity contribution < 1.29 is 19.4 Å². The third-order valence-electron chi connectivity index (χ3n) is 1.90. The minimum absolute atomic E-state index is 0.0773. The van der Waals surface area contributed by atoms with E-state index in [4.69, 9.17) is 10.5 Å². The van der Waals surface area contributed by atoms with E-state index < -0.39 is 17.5 Å². The average molecular weight is 233 g/mol. The maximum atomic E-state index is 11.0. The second-order valence-electron chi connectivity index (χ2n) is 3.76. The van der Waals surface area contributed by atoms with Gasteiger partial charge in [0.2, 0.25) is 5.91 Å². The Balaban J connectivity index is 3.71. The summed E-state index contributed by atoms with van der Waals surface area (Å²) < 4.78 is 4.83. The first-order valence-corrected chi connectivity index (χ1v) is 4.89. The maximum absolute atomic E-state index is 11.0. The van der Waals surface area contributed by atoms with Crippen molar-refractivity contribution in [1.82, 2.24) is 10.6 Å². The monoisotopic (exact) mass is 233 g/mol. The largest absolute Gasteiger partial charge is 0.389 e. The number of hydrogen-bond donors (Lipinski definition) is 4. The lowest BCUT2D eigenvalue weighted by Crippen LogP contribution is -2.45. The first-order chi connectivity index (χ1) is 7.37. The molecule has 16 heavy (non-hydrogen) atoms. The molecule has 0 aromatic rings. The number of urea groups is 1. The van der Waals surface area contributed by atoms with Gasteiger partial charge in [-0.15, -0.1) is 0 Å². The van der Waals surface area contributed by atoms with Gasteiger partial charge in [0.05, 0.1) is 12.1 Å². The second-order valence-corrected chi connectivity index (χ2v) is 3.76. The normalized spacial score (nSPS) is 14.2. The summed E-state index contributed by atoms with van der Waals surface area (Å²) in [6, 6.07) is -0.891. The number of imide groups is 1. The molecule has 0 fully saturated rings. The molecule has 0 aromatic carbocycles. The average Bonchev–Trinajstić information content (AvgIpc) is 2.13. The Morgan fingerprint density at radius 2 is 2.12 bits per heavy atom. The van der Waals surface area contributed by atoms with Crippen LogP contribution in [0.5, 0.6) is 0 Å². The van der Waals surface area contributed by atoms with E-state index in [-0.39, 0.29) is 13.1 Å². The van der Waals surface area contributed by atoms with Crippen LogP contribution in [0.25, 0.3) is 0 Å². The van der Waals surface area contributed by atoms with Crippen molar-refractivity contribution in [1.29, 1.82) is 0 Å². The number of rotatable bonds is 7. The van der Waals surface area contributed by atoms with Crippen LogP contribution in [0.15, 0.2) is 0 Å².